The minimum atomic E-state index is -2.99. The fourth-order valence-corrected chi connectivity index (χ4v) is 4.78. The fourth-order valence-electron chi connectivity index (χ4n) is 4.78. The van der Waals surface area contributed by atoms with Gasteiger partial charge in [0.05, 0.1) is 17.9 Å². The summed E-state index contributed by atoms with van der Waals surface area (Å²) in [5, 5.41) is 15.2. The SMILES string of the molecule is C=CCNN(c1ccc2c(n1)C(O)(C(F)F)CC2)c1nc(Nc2ccc(N3CCN(C)C3)cc2)ncc1C=O. The molecule has 0 saturated carbocycles. The van der Waals surface area contributed by atoms with Crippen LogP contribution in [0.1, 0.15) is 28.0 Å². The lowest BCUT2D eigenvalue weighted by atomic mass is 10.0. The smallest absolute Gasteiger partial charge is 0.272 e. The number of fused-ring (bicyclic) bond motifs is 1. The summed E-state index contributed by atoms with van der Waals surface area (Å²) in [4.78, 5) is 29.7. The first-order valence-electron chi connectivity index (χ1n) is 12.6. The summed E-state index contributed by atoms with van der Waals surface area (Å²) in [6.07, 6.45) is 0.748. The van der Waals surface area contributed by atoms with Crippen molar-refractivity contribution in [3.8, 4) is 0 Å². The first-order chi connectivity index (χ1) is 18.8. The van der Waals surface area contributed by atoms with E-state index in [1.165, 1.54) is 11.2 Å². The summed E-state index contributed by atoms with van der Waals surface area (Å²) in [5.41, 5.74) is 3.20. The number of hydrazine groups is 1. The van der Waals surface area contributed by atoms with Gasteiger partial charge in [-0.05, 0) is 55.8 Å². The number of hydrogen-bond donors (Lipinski definition) is 3. The van der Waals surface area contributed by atoms with Crippen LogP contribution in [0, 0.1) is 0 Å². The van der Waals surface area contributed by atoms with Crippen molar-refractivity contribution in [3.63, 3.8) is 0 Å². The van der Waals surface area contributed by atoms with Gasteiger partial charge in [0.2, 0.25) is 5.95 Å². The Balaban J connectivity index is 1.46. The third-order valence-electron chi connectivity index (χ3n) is 6.92. The molecule has 1 aromatic carbocycles. The quantitative estimate of drug-likeness (QED) is 0.203. The van der Waals surface area contributed by atoms with E-state index in [0.29, 0.717) is 11.8 Å². The van der Waals surface area contributed by atoms with Crippen LogP contribution in [0.3, 0.4) is 0 Å². The van der Waals surface area contributed by atoms with Crippen LogP contribution in [0.25, 0.3) is 0 Å². The molecule has 0 bridgehead atoms. The van der Waals surface area contributed by atoms with Gasteiger partial charge in [0, 0.05) is 37.2 Å². The Bertz CT molecular complexity index is 1360. The molecular formula is C27H30F2N8O2. The Kier molecular flexibility index (Phi) is 7.51. The van der Waals surface area contributed by atoms with Crippen LogP contribution in [0.5, 0.6) is 0 Å². The van der Waals surface area contributed by atoms with E-state index in [4.69, 9.17) is 0 Å². The van der Waals surface area contributed by atoms with E-state index in [2.05, 4.69) is 49.1 Å². The monoisotopic (exact) mass is 536 g/mol. The van der Waals surface area contributed by atoms with Gasteiger partial charge in [-0.2, -0.15) is 4.98 Å². The second-order valence-corrected chi connectivity index (χ2v) is 9.64. The number of alkyl halides is 2. The van der Waals surface area contributed by atoms with Crippen LogP contribution >= 0.6 is 0 Å². The zero-order valence-corrected chi connectivity index (χ0v) is 21.5. The molecule has 1 atom stereocenters. The van der Waals surface area contributed by atoms with Crippen LogP contribution in [-0.2, 0) is 12.0 Å². The number of carbonyl (C=O) groups is 1. The van der Waals surface area contributed by atoms with E-state index >= 15 is 0 Å². The van der Waals surface area contributed by atoms with Gasteiger partial charge in [-0.3, -0.25) is 9.69 Å². The molecule has 0 spiro atoms. The zero-order chi connectivity index (χ0) is 27.6. The lowest BCUT2D eigenvalue weighted by molar-refractivity contribution is -0.102. The first kappa shape index (κ1) is 26.6. The number of hydrogen-bond acceptors (Lipinski definition) is 10. The van der Waals surface area contributed by atoms with Gasteiger partial charge in [-0.25, -0.2) is 29.2 Å². The molecule has 10 nitrogen and oxygen atoms in total. The average Bonchev–Trinajstić information content (AvgIpc) is 3.53. The van der Waals surface area contributed by atoms with Crippen molar-refractivity contribution in [2.45, 2.75) is 24.9 Å². The molecule has 12 heteroatoms. The third-order valence-corrected chi connectivity index (χ3v) is 6.92. The van der Waals surface area contributed by atoms with Gasteiger partial charge >= 0.3 is 0 Å². The molecule has 1 fully saturated rings. The largest absolute Gasteiger partial charge is 0.378 e. The van der Waals surface area contributed by atoms with E-state index in [1.54, 1.807) is 18.2 Å². The van der Waals surface area contributed by atoms with Crippen molar-refractivity contribution in [2.75, 3.05) is 48.6 Å². The van der Waals surface area contributed by atoms with Gasteiger partial charge in [0.15, 0.2) is 17.7 Å². The maximum Gasteiger partial charge on any atom is 0.272 e. The molecule has 3 aromatic rings. The van der Waals surface area contributed by atoms with Crippen LogP contribution in [0.4, 0.5) is 37.7 Å². The van der Waals surface area contributed by atoms with E-state index in [-0.39, 0.29) is 48.2 Å². The topological polar surface area (TPSA) is 110 Å². The molecule has 2 aliphatic rings. The number of pyridine rings is 1. The van der Waals surface area contributed by atoms with E-state index in [0.717, 1.165) is 31.1 Å². The van der Waals surface area contributed by atoms with Gasteiger partial charge < -0.3 is 15.3 Å². The molecule has 1 unspecified atom stereocenters. The predicted molar refractivity (Wildman–Crippen MR) is 145 cm³/mol. The summed E-state index contributed by atoms with van der Waals surface area (Å²) >= 11 is 0. The van der Waals surface area contributed by atoms with Crippen LogP contribution < -0.4 is 20.7 Å². The lowest BCUT2D eigenvalue weighted by Gasteiger charge is -2.27. The number of nitrogens with zero attached hydrogens (tertiary/aromatic N) is 6. The second-order valence-electron chi connectivity index (χ2n) is 9.64. The standard InChI is InChI=1S/C27H30F2N8O2/c1-3-12-31-37(22-9-4-18-10-11-27(39,25(28)29)23(18)33-22)24-19(16-38)15-30-26(34-24)32-20-5-7-21(8-6-20)36-14-13-35(2)17-36/h3-9,15-16,25,31,39H,1,10-14,17H2,2H3,(H,30,32,34). The molecule has 5 rings (SSSR count). The van der Waals surface area contributed by atoms with Crippen LogP contribution in [0.15, 0.2) is 55.3 Å². The molecule has 1 aliphatic carbocycles. The zero-order valence-electron chi connectivity index (χ0n) is 21.5. The van der Waals surface area contributed by atoms with E-state index < -0.39 is 12.0 Å². The number of nitrogens with one attached hydrogen (secondary N) is 2. The Morgan fingerprint density at radius 1 is 1.21 bits per heavy atom. The van der Waals surface area contributed by atoms with Crippen molar-refractivity contribution >= 4 is 35.2 Å². The summed E-state index contributed by atoms with van der Waals surface area (Å²) in [6.45, 7) is 6.81. The molecule has 0 amide bonds. The number of aryl methyl sites for hydroxylation is 1. The highest BCUT2D eigenvalue weighted by Gasteiger charge is 2.46. The minimum absolute atomic E-state index is 0.0789. The minimum Gasteiger partial charge on any atom is -0.378 e. The van der Waals surface area contributed by atoms with Crippen molar-refractivity contribution in [3.05, 3.63) is 72.1 Å². The number of halogens is 2. The summed E-state index contributed by atoms with van der Waals surface area (Å²) in [5.74, 6) is 0.566. The summed E-state index contributed by atoms with van der Waals surface area (Å²) in [6, 6.07) is 11.2. The molecule has 3 heterocycles. The molecule has 0 radical (unpaired) electrons. The fraction of sp³-hybridized carbons (Fsp3) is 0.333. The molecule has 2 aromatic heterocycles. The highest BCUT2D eigenvalue weighted by atomic mass is 19.3. The number of aldehydes is 1. The first-order valence-corrected chi connectivity index (χ1v) is 12.6. The average molecular weight is 537 g/mol. The summed E-state index contributed by atoms with van der Waals surface area (Å²) < 4.78 is 27.5. The Labute approximate surface area is 225 Å². The van der Waals surface area contributed by atoms with Crippen molar-refractivity contribution < 1.29 is 18.7 Å². The highest BCUT2D eigenvalue weighted by Crippen LogP contribution is 2.41. The van der Waals surface area contributed by atoms with Gasteiger partial charge in [0.1, 0.15) is 5.82 Å². The number of rotatable bonds is 10. The van der Waals surface area contributed by atoms with Gasteiger partial charge in [-0.15, -0.1) is 6.58 Å². The molecule has 3 N–H and O–H groups in total. The lowest BCUT2D eigenvalue weighted by Crippen LogP contribution is -2.37. The maximum absolute atomic E-state index is 13.8. The van der Waals surface area contributed by atoms with Crippen LogP contribution in [0.2, 0.25) is 0 Å². The number of carbonyl (C=O) groups excluding carboxylic acids is 1. The van der Waals surface area contributed by atoms with Gasteiger partial charge in [-0.1, -0.05) is 12.1 Å². The molecule has 39 heavy (non-hydrogen) atoms. The van der Waals surface area contributed by atoms with Crippen molar-refractivity contribution in [1.29, 1.82) is 0 Å². The van der Waals surface area contributed by atoms with Crippen LogP contribution in [-0.4, -0.2) is 71.0 Å². The number of likely N-dealkylation sites (N-methyl/N-ethyl adjacent to an activating group) is 1. The number of anilines is 5. The molecule has 1 aliphatic heterocycles. The number of aromatic nitrogens is 3. The highest BCUT2D eigenvalue weighted by molar-refractivity contribution is 5.84. The molecule has 1 saturated heterocycles. The number of benzene rings is 1. The third kappa shape index (κ3) is 5.31. The van der Waals surface area contributed by atoms with E-state index in [9.17, 15) is 18.7 Å². The molecule has 204 valence electrons. The predicted octanol–water partition coefficient (Wildman–Crippen LogP) is 3.36. The second kappa shape index (κ2) is 11.0. The van der Waals surface area contributed by atoms with Gasteiger partial charge in [0.25, 0.3) is 6.43 Å². The maximum atomic E-state index is 13.8. The summed E-state index contributed by atoms with van der Waals surface area (Å²) in [7, 11) is 2.08. The Morgan fingerprint density at radius 3 is 2.67 bits per heavy atom. The Morgan fingerprint density at radius 2 is 2.00 bits per heavy atom. The van der Waals surface area contributed by atoms with Crippen molar-refractivity contribution in [1.82, 2.24) is 25.3 Å². The number of aliphatic hydroxyl groups is 1. The van der Waals surface area contributed by atoms with E-state index in [1.807, 2.05) is 24.3 Å². The normalized spacial score (nSPS) is 18.8. The Hall–Kier alpha value is -4.00. The molecular weight excluding hydrogens is 506 g/mol. The van der Waals surface area contributed by atoms with Crippen molar-refractivity contribution in [2.24, 2.45) is 0 Å².